The van der Waals surface area contributed by atoms with E-state index in [1.807, 2.05) is 24.3 Å². The first-order valence-electron chi connectivity index (χ1n) is 7.74. The Morgan fingerprint density at radius 2 is 1.26 bits per heavy atom. The lowest BCUT2D eigenvalue weighted by atomic mass is 10.0. The Morgan fingerprint density at radius 1 is 0.826 bits per heavy atom. The molecule has 0 fully saturated rings. The Bertz CT molecular complexity index is 750. The molecule has 2 aromatic carbocycles. The summed E-state index contributed by atoms with van der Waals surface area (Å²) in [6.45, 7) is 9.38. The Kier molecular flexibility index (Phi) is 4.85. The second-order valence-electron chi connectivity index (χ2n) is 6.91. The fourth-order valence-electron chi connectivity index (χ4n) is 2.10. The quantitative estimate of drug-likeness (QED) is 0.775. The molecule has 0 aliphatic carbocycles. The van der Waals surface area contributed by atoms with Gasteiger partial charge in [-0.05, 0) is 68.7 Å². The van der Waals surface area contributed by atoms with Crippen LogP contribution >= 0.6 is 0 Å². The maximum atomic E-state index is 12.4. The largest absolute Gasteiger partial charge is 0.457 e. The summed E-state index contributed by atoms with van der Waals surface area (Å²) in [6.07, 6.45) is 0. The first-order valence-corrected chi connectivity index (χ1v) is 9.22. The van der Waals surface area contributed by atoms with Crippen molar-refractivity contribution < 1.29 is 13.2 Å². The molecular weight excluding hydrogens is 308 g/mol. The van der Waals surface area contributed by atoms with Gasteiger partial charge in [-0.3, -0.25) is 0 Å². The lowest BCUT2D eigenvalue weighted by Gasteiger charge is -2.19. The summed E-state index contributed by atoms with van der Waals surface area (Å²) in [6, 6.07) is 14.5. The molecule has 4 heteroatoms. The van der Waals surface area contributed by atoms with Crippen molar-refractivity contribution in [2.75, 3.05) is 0 Å². The van der Waals surface area contributed by atoms with Crippen LogP contribution in [0.1, 0.15) is 46.1 Å². The summed E-state index contributed by atoms with van der Waals surface area (Å²) in [5.74, 6) is 1.84. The first kappa shape index (κ1) is 17.5. The third-order valence-electron chi connectivity index (χ3n) is 3.72. The van der Waals surface area contributed by atoms with Gasteiger partial charge in [-0.25, -0.2) is 8.42 Å². The summed E-state index contributed by atoms with van der Waals surface area (Å²) in [5.41, 5.74) is 1.25. The Balaban J connectivity index is 2.17. The zero-order chi connectivity index (χ0) is 17.3. The fraction of sp³-hybridized carbons (Fsp3) is 0.368. The van der Waals surface area contributed by atoms with E-state index in [9.17, 15) is 8.42 Å². The van der Waals surface area contributed by atoms with Crippen LogP contribution in [0.3, 0.4) is 0 Å². The summed E-state index contributed by atoms with van der Waals surface area (Å²) in [7, 11) is -3.34. The predicted octanol–water partition coefficient (Wildman–Crippen LogP) is 5.17. The van der Waals surface area contributed by atoms with Gasteiger partial charge >= 0.3 is 0 Å². The summed E-state index contributed by atoms with van der Waals surface area (Å²) in [5, 5.41) is 0. The molecule has 0 aromatic heterocycles. The van der Waals surface area contributed by atoms with Crippen molar-refractivity contribution in [3.05, 3.63) is 54.1 Å². The molecule has 2 aromatic rings. The molecule has 0 saturated heterocycles. The molecule has 0 heterocycles. The number of rotatable bonds is 4. The first-order chi connectivity index (χ1) is 10.6. The molecule has 0 atom stereocenters. The van der Waals surface area contributed by atoms with E-state index in [2.05, 4.69) is 13.8 Å². The molecule has 0 saturated carbocycles. The average molecular weight is 332 g/mol. The molecule has 0 aliphatic rings. The van der Waals surface area contributed by atoms with Crippen molar-refractivity contribution >= 4 is 9.84 Å². The zero-order valence-corrected chi connectivity index (χ0v) is 15.1. The second kappa shape index (κ2) is 6.36. The number of benzene rings is 2. The Labute approximate surface area is 139 Å². The summed E-state index contributed by atoms with van der Waals surface area (Å²) >= 11 is 0. The van der Waals surface area contributed by atoms with Crippen LogP contribution in [0.15, 0.2) is 53.4 Å². The van der Waals surface area contributed by atoms with Gasteiger partial charge < -0.3 is 4.74 Å². The molecule has 2 rings (SSSR count). The van der Waals surface area contributed by atoms with E-state index < -0.39 is 14.6 Å². The van der Waals surface area contributed by atoms with Crippen LogP contribution < -0.4 is 4.74 Å². The summed E-state index contributed by atoms with van der Waals surface area (Å²) < 4.78 is 29.7. The lowest BCUT2D eigenvalue weighted by Crippen LogP contribution is -2.27. The van der Waals surface area contributed by atoms with Crippen LogP contribution in [0, 0.1) is 0 Å². The standard InChI is InChI=1S/C19H24O3S/c1-14(2)15-6-8-16(9-7-15)22-17-10-12-18(13-11-17)23(20,21)19(3,4)5/h6-14H,1-5H3. The third-order valence-corrected chi connectivity index (χ3v) is 6.23. The van der Waals surface area contributed by atoms with Crippen molar-refractivity contribution in [1.82, 2.24) is 0 Å². The molecule has 0 bridgehead atoms. The maximum absolute atomic E-state index is 12.4. The van der Waals surface area contributed by atoms with Crippen LogP contribution in [-0.2, 0) is 9.84 Å². The molecule has 0 N–H and O–H groups in total. The smallest absolute Gasteiger partial charge is 0.183 e. The molecule has 0 unspecified atom stereocenters. The molecule has 0 spiro atoms. The topological polar surface area (TPSA) is 43.4 Å². The van der Waals surface area contributed by atoms with Crippen LogP contribution in [0.2, 0.25) is 0 Å². The van der Waals surface area contributed by atoms with Gasteiger partial charge in [0, 0.05) is 0 Å². The van der Waals surface area contributed by atoms with E-state index in [1.54, 1.807) is 45.0 Å². The van der Waals surface area contributed by atoms with E-state index >= 15 is 0 Å². The van der Waals surface area contributed by atoms with Gasteiger partial charge in [0.05, 0.1) is 9.64 Å². The lowest BCUT2D eigenvalue weighted by molar-refractivity contribution is 0.481. The number of ether oxygens (including phenoxy) is 1. The molecule has 0 radical (unpaired) electrons. The second-order valence-corrected chi connectivity index (χ2v) is 9.62. The number of sulfone groups is 1. The number of hydrogen-bond acceptors (Lipinski definition) is 3. The molecule has 23 heavy (non-hydrogen) atoms. The van der Waals surface area contributed by atoms with Gasteiger partial charge in [-0.2, -0.15) is 0 Å². The van der Waals surface area contributed by atoms with Crippen molar-refractivity contribution in [1.29, 1.82) is 0 Å². The molecule has 0 amide bonds. The third kappa shape index (κ3) is 3.94. The van der Waals surface area contributed by atoms with E-state index in [1.165, 1.54) is 5.56 Å². The van der Waals surface area contributed by atoms with E-state index in [-0.39, 0.29) is 0 Å². The van der Waals surface area contributed by atoms with Crippen LogP contribution in [0.4, 0.5) is 0 Å². The normalized spacial score (nSPS) is 12.4. The number of hydrogen-bond donors (Lipinski definition) is 0. The van der Waals surface area contributed by atoms with Crippen molar-refractivity contribution in [2.45, 2.75) is 50.2 Å². The van der Waals surface area contributed by atoms with E-state index in [0.717, 1.165) is 5.75 Å². The van der Waals surface area contributed by atoms with Gasteiger partial charge in [-0.1, -0.05) is 26.0 Å². The highest BCUT2D eigenvalue weighted by atomic mass is 32.2. The highest BCUT2D eigenvalue weighted by Crippen LogP contribution is 2.28. The Morgan fingerprint density at radius 3 is 1.65 bits per heavy atom. The van der Waals surface area contributed by atoms with Gasteiger partial charge in [0.25, 0.3) is 0 Å². The minimum atomic E-state index is -3.34. The predicted molar refractivity (Wildman–Crippen MR) is 94.0 cm³/mol. The van der Waals surface area contributed by atoms with Gasteiger partial charge in [0.15, 0.2) is 9.84 Å². The van der Waals surface area contributed by atoms with Crippen LogP contribution in [0.5, 0.6) is 11.5 Å². The summed E-state index contributed by atoms with van der Waals surface area (Å²) in [4.78, 5) is 0.313. The highest BCUT2D eigenvalue weighted by molar-refractivity contribution is 7.92. The minimum absolute atomic E-state index is 0.313. The van der Waals surface area contributed by atoms with E-state index in [4.69, 9.17) is 4.74 Å². The van der Waals surface area contributed by atoms with Crippen molar-refractivity contribution in [3.8, 4) is 11.5 Å². The Hall–Kier alpha value is -1.81. The van der Waals surface area contributed by atoms with Crippen LogP contribution in [-0.4, -0.2) is 13.2 Å². The minimum Gasteiger partial charge on any atom is -0.457 e. The van der Waals surface area contributed by atoms with Gasteiger partial charge in [-0.15, -0.1) is 0 Å². The highest BCUT2D eigenvalue weighted by Gasteiger charge is 2.30. The molecule has 3 nitrogen and oxygen atoms in total. The average Bonchev–Trinajstić information content (AvgIpc) is 2.47. The maximum Gasteiger partial charge on any atom is 0.183 e. The van der Waals surface area contributed by atoms with Crippen LogP contribution in [0.25, 0.3) is 0 Å². The van der Waals surface area contributed by atoms with Gasteiger partial charge in [0.2, 0.25) is 0 Å². The zero-order valence-electron chi connectivity index (χ0n) is 14.3. The van der Waals surface area contributed by atoms with Crippen molar-refractivity contribution in [2.24, 2.45) is 0 Å². The fourth-order valence-corrected chi connectivity index (χ4v) is 3.30. The monoisotopic (exact) mass is 332 g/mol. The molecule has 124 valence electrons. The molecule has 0 aliphatic heterocycles. The van der Waals surface area contributed by atoms with E-state index in [0.29, 0.717) is 16.6 Å². The SMILES string of the molecule is CC(C)c1ccc(Oc2ccc(S(=O)(=O)C(C)(C)C)cc2)cc1. The molecular formula is C19H24O3S. The van der Waals surface area contributed by atoms with Crippen molar-refractivity contribution in [3.63, 3.8) is 0 Å². The van der Waals surface area contributed by atoms with Gasteiger partial charge in [0.1, 0.15) is 11.5 Å².